The first kappa shape index (κ1) is 15.2. The van der Waals surface area contributed by atoms with Gasteiger partial charge in [0.1, 0.15) is 0 Å². The highest BCUT2D eigenvalue weighted by Gasteiger charge is 2.16. The lowest BCUT2D eigenvalue weighted by Gasteiger charge is -2.19. The molecule has 1 unspecified atom stereocenters. The van der Waals surface area contributed by atoms with E-state index in [9.17, 15) is 9.59 Å². The van der Waals surface area contributed by atoms with Gasteiger partial charge in [-0.05, 0) is 23.1 Å². The average molecular weight is 265 g/mol. The predicted octanol–water partition coefficient (Wildman–Crippen LogP) is 1.16. The van der Waals surface area contributed by atoms with Gasteiger partial charge in [0.25, 0.3) is 5.91 Å². The van der Waals surface area contributed by atoms with Gasteiger partial charge in [0.2, 0.25) is 0 Å². The third kappa shape index (κ3) is 4.37. The maximum atomic E-state index is 11.7. The fourth-order valence-corrected chi connectivity index (χ4v) is 1.50. The summed E-state index contributed by atoms with van der Waals surface area (Å²) in [5.41, 5.74) is 1.55. The highest BCUT2D eigenvalue weighted by atomic mass is 16.4. The molecule has 5 nitrogen and oxygen atoms in total. The van der Waals surface area contributed by atoms with E-state index in [2.05, 4.69) is 26.1 Å². The summed E-state index contributed by atoms with van der Waals surface area (Å²) in [6.07, 6.45) is -1.59. The van der Waals surface area contributed by atoms with Gasteiger partial charge in [-0.25, -0.2) is 4.79 Å². The largest absolute Gasteiger partial charge is 0.479 e. The van der Waals surface area contributed by atoms with Crippen LogP contribution in [0.3, 0.4) is 0 Å². The fraction of sp³-hybridized carbons (Fsp3) is 0.429. The summed E-state index contributed by atoms with van der Waals surface area (Å²) >= 11 is 0. The van der Waals surface area contributed by atoms with Crippen molar-refractivity contribution in [1.82, 2.24) is 5.32 Å². The number of carboxylic acid groups (broad SMARTS) is 1. The number of aliphatic hydroxyl groups is 1. The molecule has 0 spiro atoms. The molecule has 0 radical (unpaired) electrons. The molecule has 0 aromatic heterocycles. The topological polar surface area (TPSA) is 86.6 Å². The Morgan fingerprint density at radius 2 is 1.74 bits per heavy atom. The monoisotopic (exact) mass is 265 g/mol. The molecule has 0 bridgehead atoms. The molecule has 0 aliphatic heterocycles. The summed E-state index contributed by atoms with van der Waals surface area (Å²) in [6, 6.07) is 7.09. The lowest BCUT2D eigenvalue weighted by molar-refractivity contribution is -0.146. The molecule has 0 aliphatic carbocycles. The summed E-state index contributed by atoms with van der Waals surface area (Å²) in [7, 11) is 0. The number of carbonyl (C=O) groups excluding carboxylic acids is 1. The van der Waals surface area contributed by atoms with Crippen molar-refractivity contribution in [2.75, 3.05) is 6.54 Å². The van der Waals surface area contributed by atoms with Crippen LogP contribution in [-0.2, 0) is 10.2 Å². The number of nitrogens with one attached hydrogen (secondary N) is 1. The molecule has 1 rings (SSSR count). The van der Waals surface area contributed by atoms with E-state index in [1.165, 1.54) is 0 Å². The van der Waals surface area contributed by atoms with Gasteiger partial charge in [-0.1, -0.05) is 32.9 Å². The number of amides is 1. The Labute approximate surface area is 112 Å². The second kappa shape index (κ2) is 5.84. The van der Waals surface area contributed by atoms with Gasteiger partial charge in [-0.2, -0.15) is 0 Å². The molecule has 5 heteroatoms. The molecule has 0 heterocycles. The van der Waals surface area contributed by atoms with E-state index in [-0.39, 0.29) is 12.0 Å². The van der Waals surface area contributed by atoms with Crippen LogP contribution in [-0.4, -0.2) is 34.7 Å². The first-order valence-electron chi connectivity index (χ1n) is 6.01. The van der Waals surface area contributed by atoms with Crippen LogP contribution in [0.4, 0.5) is 0 Å². The van der Waals surface area contributed by atoms with Gasteiger partial charge in [-0.3, -0.25) is 4.79 Å². The van der Waals surface area contributed by atoms with Gasteiger partial charge in [0.15, 0.2) is 6.10 Å². The molecular formula is C14H19NO4. The van der Waals surface area contributed by atoms with Gasteiger partial charge < -0.3 is 15.5 Å². The normalized spacial score (nSPS) is 12.8. The lowest BCUT2D eigenvalue weighted by atomic mass is 9.87. The minimum atomic E-state index is -1.59. The average Bonchev–Trinajstić information content (AvgIpc) is 2.34. The first-order valence-corrected chi connectivity index (χ1v) is 6.01. The number of carboxylic acids is 1. The summed E-state index contributed by atoms with van der Waals surface area (Å²) < 4.78 is 0. The van der Waals surface area contributed by atoms with Crippen LogP contribution in [0.1, 0.15) is 36.7 Å². The molecule has 104 valence electrons. The van der Waals surface area contributed by atoms with E-state index >= 15 is 0 Å². The van der Waals surface area contributed by atoms with Gasteiger partial charge >= 0.3 is 5.97 Å². The van der Waals surface area contributed by atoms with Crippen LogP contribution in [0, 0.1) is 0 Å². The maximum Gasteiger partial charge on any atom is 0.334 e. The van der Waals surface area contributed by atoms with Crippen LogP contribution < -0.4 is 5.32 Å². The molecule has 0 saturated carbocycles. The molecule has 1 atom stereocenters. The van der Waals surface area contributed by atoms with Crippen LogP contribution >= 0.6 is 0 Å². The molecule has 0 fully saturated rings. The quantitative estimate of drug-likeness (QED) is 0.762. The standard InChI is InChI=1S/C14H19NO4/c1-14(2,3)10-6-4-9(5-7-10)12(17)15-8-11(16)13(18)19/h4-7,11,16H,8H2,1-3H3,(H,15,17)(H,18,19). The Bertz CT molecular complexity index is 459. The Hall–Kier alpha value is -1.88. The van der Waals surface area contributed by atoms with Crippen LogP contribution in [0.15, 0.2) is 24.3 Å². The van der Waals surface area contributed by atoms with Crippen LogP contribution in [0.25, 0.3) is 0 Å². The molecule has 19 heavy (non-hydrogen) atoms. The summed E-state index contributed by atoms with van der Waals surface area (Å²) in [6.45, 7) is 5.91. The molecule has 1 amide bonds. The smallest absolute Gasteiger partial charge is 0.334 e. The van der Waals surface area contributed by atoms with Gasteiger partial charge in [0, 0.05) is 5.56 Å². The number of benzene rings is 1. The molecule has 1 aromatic rings. The third-order valence-corrected chi connectivity index (χ3v) is 2.75. The van der Waals surface area contributed by atoms with Crippen molar-refractivity contribution in [2.45, 2.75) is 32.3 Å². The van der Waals surface area contributed by atoms with Crippen molar-refractivity contribution in [3.63, 3.8) is 0 Å². The second-order valence-corrected chi connectivity index (χ2v) is 5.39. The van der Waals surface area contributed by atoms with Crippen LogP contribution in [0.2, 0.25) is 0 Å². The van der Waals surface area contributed by atoms with Crippen molar-refractivity contribution < 1.29 is 19.8 Å². The zero-order valence-electron chi connectivity index (χ0n) is 11.3. The highest BCUT2D eigenvalue weighted by molar-refractivity contribution is 5.94. The van der Waals surface area contributed by atoms with E-state index in [1.807, 2.05) is 12.1 Å². The summed E-state index contributed by atoms with van der Waals surface area (Å²) in [5, 5.41) is 19.9. The van der Waals surface area contributed by atoms with E-state index in [1.54, 1.807) is 12.1 Å². The summed E-state index contributed by atoms with van der Waals surface area (Å²) in [4.78, 5) is 22.1. The Morgan fingerprint density at radius 3 is 2.16 bits per heavy atom. The Kier molecular flexibility index (Phi) is 4.67. The SMILES string of the molecule is CC(C)(C)c1ccc(C(=O)NCC(O)C(=O)O)cc1. The van der Waals surface area contributed by atoms with Crippen molar-refractivity contribution >= 4 is 11.9 Å². The zero-order valence-corrected chi connectivity index (χ0v) is 11.3. The molecule has 0 saturated heterocycles. The third-order valence-electron chi connectivity index (χ3n) is 2.75. The number of hydrogen-bond donors (Lipinski definition) is 3. The van der Waals surface area contributed by atoms with Crippen molar-refractivity contribution in [3.8, 4) is 0 Å². The van der Waals surface area contributed by atoms with Crippen LogP contribution in [0.5, 0.6) is 0 Å². The van der Waals surface area contributed by atoms with Crippen molar-refractivity contribution in [3.05, 3.63) is 35.4 Å². The summed E-state index contributed by atoms with van der Waals surface area (Å²) in [5.74, 6) is -1.76. The second-order valence-electron chi connectivity index (χ2n) is 5.39. The number of carbonyl (C=O) groups is 2. The number of hydrogen-bond acceptors (Lipinski definition) is 3. The molecule has 3 N–H and O–H groups in total. The fourth-order valence-electron chi connectivity index (χ4n) is 1.50. The van der Waals surface area contributed by atoms with E-state index in [0.29, 0.717) is 5.56 Å². The van der Waals surface area contributed by atoms with Crippen molar-refractivity contribution in [1.29, 1.82) is 0 Å². The number of aliphatic carboxylic acids is 1. The van der Waals surface area contributed by atoms with Gasteiger partial charge in [0.05, 0.1) is 6.54 Å². The molecule has 0 aliphatic rings. The van der Waals surface area contributed by atoms with E-state index < -0.39 is 18.0 Å². The molecule has 1 aromatic carbocycles. The predicted molar refractivity (Wildman–Crippen MR) is 71.1 cm³/mol. The zero-order chi connectivity index (χ0) is 14.6. The van der Waals surface area contributed by atoms with Gasteiger partial charge in [-0.15, -0.1) is 0 Å². The van der Waals surface area contributed by atoms with E-state index in [4.69, 9.17) is 10.2 Å². The highest BCUT2D eigenvalue weighted by Crippen LogP contribution is 2.22. The first-order chi connectivity index (χ1) is 8.71. The lowest BCUT2D eigenvalue weighted by Crippen LogP contribution is -2.36. The van der Waals surface area contributed by atoms with Crippen molar-refractivity contribution in [2.24, 2.45) is 0 Å². The minimum Gasteiger partial charge on any atom is -0.479 e. The Balaban J connectivity index is 2.66. The number of rotatable bonds is 4. The van der Waals surface area contributed by atoms with E-state index in [0.717, 1.165) is 5.56 Å². The molecular weight excluding hydrogens is 246 g/mol. The Morgan fingerprint density at radius 1 is 1.21 bits per heavy atom. The minimum absolute atomic E-state index is 0.00844. The number of aliphatic hydroxyl groups excluding tert-OH is 1. The maximum absolute atomic E-state index is 11.7.